The Bertz CT molecular complexity index is 808. The van der Waals surface area contributed by atoms with Crippen LogP contribution in [0.3, 0.4) is 0 Å². The van der Waals surface area contributed by atoms with Crippen LogP contribution >= 0.6 is 15.9 Å². The third kappa shape index (κ3) is 4.08. The van der Waals surface area contributed by atoms with E-state index in [4.69, 9.17) is 4.74 Å². The van der Waals surface area contributed by atoms with Crippen LogP contribution in [0.1, 0.15) is 47.2 Å². The maximum Gasteiger partial charge on any atom is 0.337 e. The second kappa shape index (κ2) is 8.26. The van der Waals surface area contributed by atoms with E-state index in [0.717, 1.165) is 41.3 Å². The molecule has 0 spiro atoms. The molecule has 1 aliphatic carbocycles. The number of carbonyl (C=O) groups excluding carboxylic acids is 2. The van der Waals surface area contributed by atoms with Crippen molar-refractivity contribution >= 4 is 27.8 Å². The number of amides is 1. The maximum absolute atomic E-state index is 13.4. The zero-order valence-corrected chi connectivity index (χ0v) is 17.3. The van der Waals surface area contributed by atoms with Gasteiger partial charge in [0.25, 0.3) is 0 Å². The van der Waals surface area contributed by atoms with Gasteiger partial charge in [0.05, 0.1) is 18.1 Å². The number of esters is 1. The predicted molar refractivity (Wildman–Crippen MR) is 109 cm³/mol. The summed E-state index contributed by atoms with van der Waals surface area (Å²) >= 11 is 3.47. The van der Waals surface area contributed by atoms with Crippen molar-refractivity contribution in [2.24, 2.45) is 0 Å². The summed E-state index contributed by atoms with van der Waals surface area (Å²) in [5.41, 5.74) is 2.17. The number of rotatable bonds is 5. The molecule has 1 fully saturated rings. The number of nitrogens with zero attached hydrogens (tertiary/aromatic N) is 1. The monoisotopic (exact) mass is 429 g/mol. The van der Waals surface area contributed by atoms with Crippen LogP contribution in [0.5, 0.6) is 0 Å². The van der Waals surface area contributed by atoms with E-state index in [0.29, 0.717) is 12.1 Å². The minimum Gasteiger partial charge on any atom is -0.465 e. The first-order valence-electron chi connectivity index (χ1n) is 9.15. The van der Waals surface area contributed by atoms with Gasteiger partial charge in [0.1, 0.15) is 0 Å². The summed E-state index contributed by atoms with van der Waals surface area (Å²) in [6.07, 6.45) is 3.92. The molecule has 0 N–H and O–H groups in total. The summed E-state index contributed by atoms with van der Waals surface area (Å²) in [6.45, 7) is 0.512. The third-order valence-corrected chi connectivity index (χ3v) is 5.93. The van der Waals surface area contributed by atoms with Crippen molar-refractivity contribution in [2.75, 3.05) is 14.2 Å². The van der Waals surface area contributed by atoms with Crippen LogP contribution < -0.4 is 0 Å². The van der Waals surface area contributed by atoms with Gasteiger partial charge in [0.15, 0.2) is 0 Å². The molecule has 0 aliphatic heterocycles. The second-order valence-electron chi connectivity index (χ2n) is 7.15. The molecule has 27 heavy (non-hydrogen) atoms. The molecule has 3 rings (SSSR count). The Morgan fingerprint density at radius 1 is 1.04 bits per heavy atom. The van der Waals surface area contributed by atoms with E-state index in [9.17, 15) is 9.59 Å². The number of methoxy groups -OCH3 is 1. The Morgan fingerprint density at radius 2 is 1.63 bits per heavy atom. The highest BCUT2D eigenvalue weighted by Crippen LogP contribution is 2.43. The molecule has 0 bridgehead atoms. The molecular weight excluding hydrogens is 406 g/mol. The topological polar surface area (TPSA) is 46.6 Å². The quantitative estimate of drug-likeness (QED) is 0.646. The second-order valence-corrected chi connectivity index (χ2v) is 8.06. The molecule has 0 atom stereocenters. The first-order chi connectivity index (χ1) is 13.0. The van der Waals surface area contributed by atoms with Crippen molar-refractivity contribution in [3.05, 3.63) is 69.7 Å². The predicted octanol–water partition coefficient (Wildman–Crippen LogP) is 4.71. The first kappa shape index (κ1) is 19.6. The average Bonchev–Trinajstić information content (AvgIpc) is 3.19. The number of carbonyl (C=O) groups is 2. The van der Waals surface area contributed by atoms with Gasteiger partial charge in [-0.3, -0.25) is 4.79 Å². The van der Waals surface area contributed by atoms with Crippen LogP contribution in [-0.2, 0) is 21.5 Å². The van der Waals surface area contributed by atoms with E-state index < -0.39 is 5.41 Å². The number of halogens is 1. The smallest absolute Gasteiger partial charge is 0.337 e. The minimum atomic E-state index is -0.429. The molecular formula is C22H24BrNO3. The summed E-state index contributed by atoms with van der Waals surface area (Å²) in [6, 6.07) is 15.4. The molecule has 142 valence electrons. The fraction of sp³-hybridized carbons (Fsp3) is 0.364. The fourth-order valence-electron chi connectivity index (χ4n) is 3.95. The highest BCUT2D eigenvalue weighted by atomic mass is 79.9. The van der Waals surface area contributed by atoms with Crippen molar-refractivity contribution in [1.82, 2.24) is 4.90 Å². The summed E-state index contributed by atoms with van der Waals surface area (Å²) in [5.74, 6) is -0.189. The van der Waals surface area contributed by atoms with E-state index >= 15 is 0 Å². The molecule has 0 radical (unpaired) electrons. The van der Waals surface area contributed by atoms with Gasteiger partial charge in [-0.15, -0.1) is 0 Å². The van der Waals surface area contributed by atoms with Crippen molar-refractivity contribution in [1.29, 1.82) is 0 Å². The van der Waals surface area contributed by atoms with Gasteiger partial charge in [-0.2, -0.15) is 0 Å². The Kier molecular flexibility index (Phi) is 6.00. The van der Waals surface area contributed by atoms with Gasteiger partial charge in [-0.25, -0.2) is 4.79 Å². The van der Waals surface area contributed by atoms with Crippen molar-refractivity contribution in [3.63, 3.8) is 0 Å². The lowest BCUT2D eigenvalue weighted by atomic mass is 9.77. The van der Waals surface area contributed by atoms with Crippen LogP contribution in [-0.4, -0.2) is 30.9 Å². The molecule has 1 saturated carbocycles. The molecule has 1 aliphatic rings. The third-order valence-electron chi connectivity index (χ3n) is 5.40. The van der Waals surface area contributed by atoms with Crippen LogP contribution in [0, 0.1) is 0 Å². The number of benzene rings is 2. The van der Waals surface area contributed by atoms with Crippen molar-refractivity contribution < 1.29 is 14.3 Å². The van der Waals surface area contributed by atoms with Gasteiger partial charge in [0, 0.05) is 18.1 Å². The fourth-order valence-corrected chi connectivity index (χ4v) is 4.21. The van der Waals surface area contributed by atoms with Gasteiger partial charge in [-0.1, -0.05) is 53.0 Å². The SMILES string of the molecule is COC(=O)c1ccc(CN(C)C(=O)C2(c3ccc(Br)cc3)CCCC2)cc1. The maximum atomic E-state index is 13.4. The number of hydrogen-bond donors (Lipinski definition) is 0. The van der Waals surface area contributed by atoms with Crippen LogP contribution in [0.25, 0.3) is 0 Å². The molecule has 2 aromatic rings. The Morgan fingerprint density at radius 3 is 2.19 bits per heavy atom. The number of likely N-dealkylation sites (N-methyl/N-ethyl adjacent to an activating group) is 1. The zero-order chi connectivity index (χ0) is 19.4. The lowest BCUT2D eigenvalue weighted by molar-refractivity contribution is -0.136. The summed E-state index contributed by atoms with van der Waals surface area (Å²) in [5, 5.41) is 0. The average molecular weight is 430 g/mol. The van der Waals surface area contributed by atoms with Gasteiger partial charge in [0.2, 0.25) is 5.91 Å². The van der Waals surface area contributed by atoms with Gasteiger partial charge >= 0.3 is 5.97 Å². The van der Waals surface area contributed by atoms with E-state index in [1.165, 1.54) is 7.11 Å². The summed E-state index contributed by atoms with van der Waals surface area (Å²) in [4.78, 5) is 26.8. The van der Waals surface area contributed by atoms with E-state index in [1.807, 2.05) is 31.3 Å². The van der Waals surface area contributed by atoms with Gasteiger partial charge in [-0.05, 0) is 48.2 Å². The molecule has 2 aromatic carbocycles. The van der Waals surface area contributed by atoms with E-state index in [1.54, 1.807) is 17.0 Å². The standard InChI is InChI=1S/C22H24BrNO3/c1-24(15-16-5-7-17(8-6-16)20(25)27-2)21(26)22(13-3-4-14-22)18-9-11-19(23)12-10-18/h5-12H,3-4,13-15H2,1-2H3. The Hall–Kier alpha value is -2.14. The van der Waals surface area contributed by atoms with Crippen LogP contribution in [0.2, 0.25) is 0 Å². The lowest BCUT2D eigenvalue weighted by Crippen LogP contribution is -2.43. The molecule has 0 heterocycles. The Labute approximate surface area is 168 Å². The van der Waals surface area contributed by atoms with Crippen LogP contribution in [0.4, 0.5) is 0 Å². The van der Waals surface area contributed by atoms with Gasteiger partial charge < -0.3 is 9.64 Å². The molecule has 1 amide bonds. The molecule has 5 heteroatoms. The Balaban J connectivity index is 1.78. The largest absolute Gasteiger partial charge is 0.465 e. The van der Waals surface area contributed by atoms with E-state index in [2.05, 4.69) is 28.1 Å². The minimum absolute atomic E-state index is 0.166. The first-order valence-corrected chi connectivity index (χ1v) is 9.94. The number of ether oxygens (including phenoxy) is 1. The summed E-state index contributed by atoms with van der Waals surface area (Å²) < 4.78 is 5.75. The van der Waals surface area contributed by atoms with Crippen molar-refractivity contribution in [3.8, 4) is 0 Å². The van der Waals surface area contributed by atoms with Crippen molar-refractivity contribution in [2.45, 2.75) is 37.6 Å². The number of hydrogen-bond acceptors (Lipinski definition) is 3. The molecule has 0 saturated heterocycles. The molecule has 0 unspecified atom stereocenters. The lowest BCUT2D eigenvalue weighted by Gasteiger charge is -2.33. The normalized spacial score (nSPS) is 15.4. The highest BCUT2D eigenvalue weighted by molar-refractivity contribution is 9.10. The van der Waals surface area contributed by atoms with Crippen LogP contribution in [0.15, 0.2) is 53.0 Å². The van der Waals surface area contributed by atoms with E-state index in [-0.39, 0.29) is 11.9 Å². The highest BCUT2D eigenvalue weighted by Gasteiger charge is 2.44. The molecule has 4 nitrogen and oxygen atoms in total. The summed E-state index contributed by atoms with van der Waals surface area (Å²) in [7, 11) is 3.22. The molecule has 0 aromatic heterocycles. The zero-order valence-electron chi connectivity index (χ0n) is 15.7.